The SMILES string of the molecule is CCN(CC)c1ccc(N(CC(=O)Nc2ccc(C(C)C)cc2)C(C)=O)c(C)c1. The Morgan fingerprint density at radius 3 is 2.10 bits per heavy atom. The van der Waals surface area contributed by atoms with E-state index in [1.165, 1.54) is 17.4 Å². The molecule has 0 heterocycles. The molecular weight excluding hydrogens is 362 g/mol. The topological polar surface area (TPSA) is 52.6 Å². The third kappa shape index (κ3) is 5.83. The Hall–Kier alpha value is -2.82. The molecule has 5 heteroatoms. The van der Waals surface area contributed by atoms with Gasteiger partial charge in [-0.05, 0) is 68.1 Å². The lowest BCUT2D eigenvalue weighted by molar-refractivity contribution is -0.120. The van der Waals surface area contributed by atoms with E-state index in [0.29, 0.717) is 5.92 Å². The van der Waals surface area contributed by atoms with Crippen molar-refractivity contribution in [2.75, 3.05) is 34.8 Å². The number of amides is 2. The minimum atomic E-state index is -0.218. The van der Waals surface area contributed by atoms with Crippen molar-refractivity contribution in [1.29, 1.82) is 0 Å². The van der Waals surface area contributed by atoms with E-state index in [9.17, 15) is 9.59 Å². The lowest BCUT2D eigenvalue weighted by Gasteiger charge is -2.26. The largest absolute Gasteiger partial charge is 0.372 e. The Morgan fingerprint density at radius 1 is 1.00 bits per heavy atom. The maximum absolute atomic E-state index is 12.6. The molecule has 1 N–H and O–H groups in total. The van der Waals surface area contributed by atoms with Crippen molar-refractivity contribution in [1.82, 2.24) is 0 Å². The molecule has 0 saturated carbocycles. The zero-order chi connectivity index (χ0) is 21.6. The number of benzene rings is 2. The van der Waals surface area contributed by atoms with Gasteiger partial charge in [0.25, 0.3) is 0 Å². The highest BCUT2D eigenvalue weighted by Gasteiger charge is 2.18. The summed E-state index contributed by atoms with van der Waals surface area (Å²) in [6.07, 6.45) is 0. The number of hydrogen-bond acceptors (Lipinski definition) is 3. The van der Waals surface area contributed by atoms with Gasteiger partial charge in [-0.25, -0.2) is 0 Å². The summed E-state index contributed by atoms with van der Waals surface area (Å²) in [4.78, 5) is 28.6. The van der Waals surface area contributed by atoms with Gasteiger partial charge in [-0.3, -0.25) is 9.59 Å². The molecule has 0 radical (unpaired) electrons. The molecule has 29 heavy (non-hydrogen) atoms. The molecule has 0 aliphatic carbocycles. The van der Waals surface area contributed by atoms with Crippen molar-refractivity contribution in [3.05, 3.63) is 53.6 Å². The van der Waals surface area contributed by atoms with Crippen LogP contribution in [0.15, 0.2) is 42.5 Å². The van der Waals surface area contributed by atoms with E-state index in [0.717, 1.165) is 35.7 Å². The first kappa shape index (κ1) is 22.5. The van der Waals surface area contributed by atoms with Crippen molar-refractivity contribution < 1.29 is 9.59 Å². The number of carbonyl (C=O) groups is 2. The summed E-state index contributed by atoms with van der Waals surface area (Å²) in [7, 11) is 0. The van der Waals surface area contributed by atoms with Gasteiger partial charge in [0.05, 0.1) is 0 Å². The third-order valence-electron chi connectivity index (χ3n) is 5.14. The molecule has 2 amide bonds. The van der Waals surface area contributed by atoms with Gasteiger partial charge in [-0.2, -0.15) is 0 Å². The zero-order valence-corrected chi connectivity index (χ0v) is 18.5. The molecule has 2 rings (SSSR count). The quantitative estimate of drug-likeness (QED) is 0.688. The molecule has 5 nitrogen and oxygen atoms in total. The van der Waals surface area contributed by atoms with Crippen LogP contribution in [-0.2, 0) is 9.59 Å². The first-order valence-corrected chi connectivity index (χ1v) is 10.3. The molecule has 156 valence electrons. The minimum Gasteiger partial charge on any atom is -0.372 e. The van der Waals surface area contributed by atoms with Gasteiger partial charge in [0.1, 0.15) is 6.54 Å². The maximum Gasteiger partial charge on any atom is 0.244 e. The summed E-state index contributed by atoms with van der Waals surface area (Å²) in [5, 5.41) is 2.89. The van der Waals surface area contributed by atoms with E-state index < -0.39 is 0 Å². The molecule has 0 unspecified atom stereocenters. The van der Waals surface area contributed by atoms with Crippen molar-refractivity contribution in [2.45, 2.75) is 47.5 Å². The summed E-state index contributed by atoms with van der Waals surface area (Å²) in [6, 6.07) is 13.8. The number of rotatable bonds is 8. The summed E-state index contributed by atoms with van der Waals surface area (Å²) in [5.74, 6) is 0.0638. The van der Waals surface area contributed by atoms with Crippen LogP contribution in [0.25, 0.3) is 0 Å². The van der Waals surface area contributed by atoms with Crippen LogP contribution in [0.1, 0.15) is 51.7 Å². The maximum atomic E-state index is 12.6. The first-order chi connectivity index (χ1) is 13.8. The highest BCUT2D eigenvalue weighted by atomic mass is 16.2. The fourth-order valence-electron chi connectivity index (χ4n) is 3.39. The van der Waals surface area contributed by atoms with Crippen LogP contribution >= 0.6 is 0 Å². The molecule has 0 aromatic heterocycles. The fraction of sp³-hybridized carbons (Fsp3) is 0.417. The molecular formula is C24H33N3O2. The first-order valence-electron chi connectivity index (χ1n) is 10.3. The van der Waals surface area contributed by atoms with Crippen LogP contribution in [0.4, 0.5) is 17.1 Å². The van der Waals surface area contributed by atoms with Gasteiger partial charge in [0.15, 0.2) is 0 Å². The average Bonchev–Trinajstić information content (AvgIpc) is 2.68. The summed E-state index contributed by atoms with van der Waals surface area (Å²) >= 11 is 0. The van der Waals surface area contributed by atoms with Gasteiger partial charge < -0.3 is 15.1 Å². The van der Waals surface area contributed by atoms with Crippen molar-refractivity contribution in [2.24, 2.45) is 0 Å². The molecule has 0 bridgehead atoms. The predicted octanol–water partition coefficient (Wildman–Crippen LogP) is 4.96. The molecule has 2 aromatic rings. The highest BCUT2D eigenvalue weighted by molar-refractivity contribution is 6.02. The number of anilines is 3. The number of carbonyl (C=O) groups excluding carboxylic acids is 2. The van der Waals surface area contributed by atoms with Gasteiger partial charge >= 0.3 is 0 Å². The van der Waals surface area contributed by atoms with Gasteiger partial charge in [0, 0.05) is 37.1 Å². The fourth-order valence-corrected chi connectivity index (χ4v) is 3.39. The second-order valence-electron chi connectivity index (χ2n) is 7.57. The summed E-state index contributed by atoms with van der Waals surface area (Å²) in [5.41, 5.74) is 4.81. The smallest absolute Gasteiger partial charge is 0.244 e. The van der Waals surface area contributed by atoms with E-state index >= 15 is 0 Å². The molecule has 2 aromatic carbocycles. The zero-order valence-electron chi connectivity index (χ0n) is 18.5. The van der Waals surface area contributed by atoms with Gasteiger partial charge in [0.2, 0.25) is 11.8 Å². The van der Waals surface area contributed by atoms with E-state index in [2.05, 4.69) is 44.0 Å². The molecule has 0 atom stereocenters. The Morgan fingerprint density at radius 2 is 1.62 bits per heavy atom. The van der Waals surface area contributed by atoms with Crippen LogP contribution < -0.4 is 15.1 Å². The average molecular weight is 396 g/mol. The van der Waals surface area contributed by atoms with Gasteiger partial charge in [-0.15, -0.1) is 0 Å². The molecule has 0 aliphatic rings. The monoisotopic (exact) mass is 395 g/mol. The van der Waals surface area contributed by atoms with Crippen LogP contribution in [0.5, 0.6) is 0 Å². The lowest BCUT2D eigenvalue weighted by Crippen LogP contribution is -2.37. The van der Waals surface area contributed by atoms with Crippen LogP contribution in [-0.4, -0.2) is 31.4 Å². The third-order valence-corrected chi connectivity index (χ3v) is 5.14. The second-order valence-corrected chi connectivity index (χ2v) is 7.57. The van der Waals surface area contributed by atoms with Crippen molar-refractivity contribution in [3.8, 4) is 0 Å². The van der Waals surface area contributed by atoms with E-state index in [4.69, 9.17) is 0 Å². The number of aryl methyl sites for hydroxylation is 1. The van der Waals surface area contributed by atoms with Crippen LogP contribution in [0.3, 0.4) is 0 Å². The normalized spacial score (nSPS) is 10.7. The summed E-state index contributed by atoms with van der Waals surface area (Å²) < 4.78 is 0. The number of nitrogens with one attached hydrogen (secondary N) is 1. The van der Waals surface area contributed by atoms with Crippen molar-refractivity contribution >= 4 is 28.9 Å². The number of hydrogen-bond donors (Lipinski definition) is 1. The molecule has 0 fully saturated rings. The van der Waals surface area contributed by atoms with E-state index in [1.807, 2.05) is 43.3 Å². The Labute approximate surface area is 174 Å². The highest BCUT2D eigenvalue weighted by Crippen LogP contribution is 2.26. The minimum absolute atomic E-state index is 0.0211. The van der Waals surface area contributed by atoms with E-state index in [1.54, 1.807) is 0 Å². The predicted molar refractivity (Wildman–Crippen MR) is 122 cm³/mol. The second kappa shape index (κ2) is 10.1. The number of nitrogens with zero attached hydrogens (tertiary/aromatic N) is 2. The van der Waals surface area contributed by atoms with E-state index in [-0.39, 0.29) is 18.4 Å². The Bertz CT molecular complexity index is 840. The summed E-state index contributed by atoms with van der Waals surface area (Å²) in [6.45, 7) is 13.8. The molecule has 0 spiro atoms. The van der Waals surface area contributed by atoms with Gasteiger partial charge in [-0.1, -0.05) is 26.0 Å². The Balaban J connectivity index is 2.15. The molecule has 0 aliphatic heterocycles. The Kier molecular flexibility index (Phi) is 7.82. The standard InChI is InChI=1S/C24H33N3O2/c1-7-26(8-2)22-13-14-23(18(5)15-22)27(19(6)28)16-24(29)25-21-11-9-20(10-12-21)17(3)4/h9-15,17H,7-8,16H2,1-6H3,(H,25,29). The molecule has 0 saturated heterocycles. The van der Waals surface area contributed by atoms with Crippen LogP contribution in [0, 0.1) is 6.92 Å². The lowest BCUT2D eigenvalue weighted by atomic mass is 10.0. The van der Waals surface area contributed by atoms with Crippen LogP contribution in [0.2, 0.25) is 0 Å². The van der Waals surface area contributed by atoms with Crippen molar-refractivity contribution in [3.63, 3.8) is 0 Å².